The number of carbonyl (C=O) groups excluding carboxylic acids is 3. The summed E-state index contributed by atoms with van der Waals surface area (Å²) in [5, 5.41) is 9.90. The molecule has 4 aliphatic heterocycles. The van der Waals surface area contributed by atoms with Crippen molar-refractivity contribution in [3.8, 4) is 0 Å². The number of likely N-dealkylation sites (N-methyl/N-ethyl adjacent to an activating group) is 1. The highest BCUT2D eigenvalue weighted by molar-refractivity contribution is 6.30. The van der Waals surface area contributed by atoms with E-state index in [1.807, 2.05) is 31.2 Å². The van der Waals surface area contributed by atoms with Crippen molar-refractivity contribution in [3.63, 3.8) is 0 Å². The number of hydrogen-bond acceptors (Lipinski definition) is 5. The van der Waals surface area contributed by atoms with Crippen molar-refractivity contribution in [2.45, 2.75) is 43.4 Å². The van der Waals surface area contributed by atoms with Crippen LogP contribution in [0.1, 0.15) is 26.2 Å². The van der Waals surface area contributed by atoms with E-state index in [-0.39, 0.29) is 24.3 Å². The minimum absolute atomic E-state index is 0.00182. The van der Waals surface area contributed by atoms with E-state index >= 15 is 0 Å². The summed E-state index contributed by atoms with van der Waals surface area (Å²) >= 11 is 6.08. The molecule has 4 aliphatic rings. The summed E-state index contributed by atoms with van der Waals surface area (Å²) in [6, 6.07) is 6.09. The first-order valence-electron chi connectivity index (χ1n) is 12.6. The Morgan fingerprint density at radius 3 is 2.42 bits per heavy atom. The molecule has 1 N–H and O–H groups in total. The molecule has 0 saturated carbocycles. The van der Waals surface area contributed by atoms with E-state index in [2.05, 4.69) is 0 Å². The summed E-state index contributed by atoms with van der Waals surface area (Å²) in [6.07, 6.45) is 9.11. The number of anilines is 1. The maximum atomic E-state index is 14.3. The highest BCUT2D eigenvalue weighted by Gasteiger charge is 2.75. The first-order chi connectivity index (χ1) is 17.3. The van der Waals surface area contributed by atoms with Crippen LogP contribution in [0.4, 0.5) is 5.69 Å². The molecular formula is C27H32ClN3O5. The number of rotatable bonds is 6. The first-order valence-corrected chi connectivity index (χ1v) is 13.0. The van der Waals surface area contributed by atoms with Gasteiger partial charge in [0.2, 0.25) is 11.8 Å². The smallest absolute Gasteiger partial charge is 0.253 e. The van der Waals surface area contributed by atoms with Crippen LogP contribution in [-0.4, -0.2) is 83.2 Å². The van der Waals surface area contributed by atoms with Gasteiger partial charge in [0, 0.05) is 44.0 Å². The first kappa shape index (κ1) is 25.0. The zero-order valence-corrected chi connectivity index (χ0v) is 21.4. The van der Waals surface area contributed by atoms with Gasteiger partial charge >= 0.3 is 0 Å². The molecule has 192 valence electrons. The summed E-state index contributed by atoms with van der Waals surface area (Å²) in [7, 11) is 1.73. The number of amides is 3. The monoisotopic (exact) mass is 513 g/mol. The summed E-state index contributed by atoms with van der Waals surface area (Å²) in [4.78, 5) is 46.9. The van der Waals surface area contributed by atoms with Gasteiger partial charge in [-0.05, 0) is 43.5 Å². The van der Waals surface area contributed by atoms with Crippen LogP contribution in [0.25, 0.3) is 0 Å². The second-order valence-electron chi connectivity index (χ2n) is 10.0. The van der Waals surface area contributed by atoms with Gasteiger partial charge in [0.1, 0.15) is 11.6 Å². The molecule has 4 heterocycles. The maximum absolute atomic E-state index is 14.3. The number of fused-ring (bicyclic) bond motifs is 2. The van der Waals surface area contributed by atoms with E-state index in [9.17, 15) is 19.5 Å². The third-order valence-electron chi connectivity index (χ3n) is 8.09. The number of hydrogen-bond donors (Lipinski definition) is 1. The van der Waals surface area contributed by atoms with Gasteiger partial charge in [-0.1, -0.05) is 42.8 Å². The van der Waals surface area contributed by atoms with Crippen molar-refractivity contribution in [1.29, 1.82) is 0 Å². The summed E-state index contributed by atoms with van der Waals surface area (Å²) in [5.41, 5.74) is -1.57. The van der Waals surface area contributed by atoms with Gasteiger partial charge in [-0.25, -0.2) is 0 Å². The number of benzene rings is 1. The van der Waals surface area contributed by atoms with Gasteiger partial charge < -0.3 is 24.5 Å². The van der Waals surface area contributed by atoms with E-state index in [4.69, 9.17) is 16.3 Å². The quantitative estimate of drug-likeness (QED) is 0.466. The average Bonchev–Trinajstić information content (AvgIpc) is 3.16. The van der Waals surface area contributed by atoms with Crippen LogP contribution in [0.2, 0.25) is 5.02 Å². The van der Waals surface area contributed by atoms with Gasteiger partial charge in [-0.15, -0.1) is 0 Å². The number of carbonyl (C=O) groups is 3. The van der Waals surface area contributed by atoms with Crippen molar-refractivity contribution in [1.82, 2.24) is 9.80 Å². The Hall–Kier alpha value is -2.68. The van der Waals surface area contributed by atoms with Crippen LogP contribution in [0.5, 0.6) is 0 Å². The Kier molecular flexibility index (Phi) is 6.47. The van der Waals surface area contributed by atoms with Crippen LogP contribution in [-0.2, 0) is 19.1 Å². The summed E-state index contributed by atoms with van der Waals surface area (Å²) < 4.78 is 6.88. The highest BCUT2D eigenvalue weighted by Crippen LogP contribution is 2.58. The molecule has 5 atom stereocenters. The van der Waals surface area contributed by atoms with Gasteiger partial charge in [-0.3, -0.25) is 14.4 Å². The van der Waals surface area contributed by atoms with Crippen molar-refractivity contribution < 1.29 is 24.2 Å². The van der Waals surface area contributed by atoms with Crippen molar-refractivity contribution in [2.24, 2.45) is 11.8 Å². The van der Waals surface area contributed by atoms with Crippen molar-refractivity contribution >= 4 is 35.0 Å². The minimum atomic E-state index is -1.27. The van der Waals surface area contributed by atoms with Crippen LogP contribution < -0.4 is 4.90 Å². The molecule has 0 aromatic heterocycles. The molecule has 1 aromatic rings. The molecular weight excluding hydrogens is 482 g/mol. The molecule has 2 fully saturated rings. The van der Waals surface area contributed by atoms with Crippen molar-refractivity contribution in [2.75, 3.05) is 38.2 Å². The number of nitrogens with zero attached hydrogens (tertiary/aromatic N) is 3. The molecule has 0 bridgehead atoms. The lowest BCUT2D eigenvalue weighted by Crippen LogP contribution is -2.56. The maximum Gasteiger partial charge on any atom is 0.253 e. The SMILES string of the molecule is CC[C@@]12C=CCN(C)C(=O)[C@@H]1[C@H]1C(=O)N(CCCCO)C3C(=O)N(c4ccc(Cl)cc4)CC=C[C@@]31O2. The molecule has 36 heavy (non-hydrogen) atoms. The van der Waals surface area contributed by atoms with Gasteiger partial charge in [0.05, 0.1) is 17.4 Å². The number of aliphatic hydroxyl groups is 1. The number of likely N-dealkylation sites (tertiary alicyclic amines) is 1. The van der Waals surface area contributed by atoms with Crippen LogP contribution in [0.15, 0.2) is 48.6 Å². The molecule has 0 aliphatic carbocycles. The van der Waals surface area contributed by atoms with E-state index in [0.717, 1.165) is 0 Å². The molecule has 3 amide bonds. The molecule has 1 spiro atoms. The Morgan fingerprint density at radius 2 is 1.72 bits per heavy atom. The minimum Gasteiger partial charge on any atom is -0.396 e. The zero-order valence-electron chi connectivity index (χ0n) is 20.6. The van der Waals surface area contributed by atoms with E-state index < -0.39 is 29.1 Å². The fourth-order valence-corrected chi connectivity index (χ4v) is 6.49. The van der Waals surface area contributed by atoms with E-state index in [1.165, 1.54) is 0 Å². The molecule has 1 aromatic carbocycles. The molecule has 2 saturated heterocycles. The summed E-state index contributed by atoms with van der Waals surface area (Å²) in [5.74, 6) is -2.20. The fourth-order valence-electron chi connectivity index (χ4n) is 6.37. The second kappa shape index (κ2) is 9.32. The third kappa shape index (κ3) is 3.61. The molecule has 1 unspecified atom stereocenters. The number of unbranched alkanes of at least 4 members (excludes halogenated alkanes) is 1. The predicted octanol–water partition coefficient (Wildman–Crippen LogP) is 2.40. The lowest BCUT2D eigenvalue weighted by atomic mass is 9.73. The van der Waals surface area contributed by atoms with Gasteiger partial charge in [0.25, 0.3) is 5.91 Å². The average molecular weight is 514 g/mol. The zero-order chi connectivity index (χ0) is 25.7. The third-order valence-corrected chi connectivity index (χ3v) is 8.34. The van der Waals surface area contributed by atoms with Crippen LogP contribution in [0.3, 0.4) is 0 Å². The topological polar surface area (TPSA) is 90.4 Å². The summed E-state index contributed by atoms with van der Waals surface area (Å²) in [6.45, 7) is 3.00. The number of halogens is 1. The van der Waals surface area contributed by atoms with Gasteiger partial charge in [-0.2, -0.15) is 0 Å². The molecule has 0 radical (unpaired) electrons. The Balaban J connectivity index is 1.64. The number of aliphatic hydroxyl groups excluding tert-OH is 1. The van der Waals surface area contributed by atoms with E-state index in [1.54, 1.807) is 46.0 Å². The largest absolute Gasteiger partial charge is 0.396 e. The lowest BCUT2D eigenvalue weighted by molar-refractivity contribution is -0.149. The predicted molar refractivity (Wildman–Crippen MR) is 135 cm³/mol. The molecule has 5 rings (SSSR count). The standard InChI is InChI=1S/C27H32ClN3O5/c1-3-26-12-6-14-29(2)23(33)20(26)21-24(34)31(15-4-5-17-32)22-25(35)30(16-7-13-27(21,22)36-26)19-10-8-18(28)9-11-19/h6-13,20-22,32H,3-5,14-17H2,1-2H3/t20-,21-,22?,26+,27-/m0/s1. The van der Waals surface area contributed by atoms with Crippen LogP contribution >= 0.6 is 11.6 Å². The van der Waals surface area contributed by atoms with Gasteiger partial charge in [0.15, 0.2) is 0 Å². The Morgan fingerprint density at radius 1 is 1.00 bits per heavy atom. The normalized spacial score (nSPS) is 33.5. The molecule has 8 nitrogen and oxygen atoms in total. The second-order valence-corrected chi connectivity index (χ2v) is 10.5. The van der Waals surface area contributed by atoms with Crippen molar-refractivity contribution in [3.05, 3.63) is 53.6 Å². The fraction of sp³-hybridized carbons (Fsp3) is 0.519. The Bertz CT molecular complexity index is 1120. The van der Waals surface area contributed by atoms with Crippen LogP contribution in [0, 0.1) is 11.8 Å². The lowest BCUT2D eigenvalue weighted by Gasteiger charge is -2.38. The molecule has 9 heteroatoms. The van der Waals surface area contributed by atoms with E-state index in [0.29, 0.717) is 49.6 Å². The Labute approximate surface area is 216 Å². The highest BCUT2D eigenvalue weighted by atomic mass is 35.5. The number of ether oxygens (including phenoxy) is 1.